The van der Waals surface area contributed by atoms with Crippen molar-refractivity contribution in [3.8, 4) is 0 Å². The quantitative estimate of drug-likeness (QED) is 0.283. The van der Waals surface area contributed by atoms with Crippen LogP contribution in [0.5, 0.6) is 0 Å². The molecule has 31 heavy (non-hydrogen) atoms. The van der Waals surface area contributed by atoms with Gasteiger partial charge in [-0.05, 0) is 24.6 Å². The van der Waals surface area contributed by atoms with Crippen molar-refractivity contribution in [2.75, 3.05) is 0 Å². The molecule has 0 fully saturated rings. The molecule has 1 heterocycles. The average Bonchev–Trinajstić information content (AvgIpc) is 3.05. The molecule has 7 nitrogen and oxygen atoms in total. The van der Waals surface area contributed by atoms with Crippen molar-refractivity contribution in [2.45, 2.75) is 13.5 Å². The third-order valence-electron chi connectivity index (χ3n) is 5.17. The first-order chi connectivity index (χ1) is 15.1. The third kappa shape index (κ3) is 4.06. The molecule has 0 saturated heterocycles. The molecule has 0 atom stereocenters. The van der Waals surface area contributed by atoms with Gasteiger partial charge in [0.1, 0.15) is 5.56 Å². The number of nitro benzene ring substituents is 1. The Morgan fingerprint density at radius 1 is 1.03 bits per heavy atom. The molecule has 7 heteroatoms. The van der Waals surface area contributed by atoms with Crippen LogP contribution in [0.1, 0.15) is 27.2 Å². The number of amides is 1. The summed E-state index contributed by atoms with van der Waals surface area (Å²) < 4.78 is 2.20. The van der Waals surface area contributed by atoms with Crippen LogP contribution in [-0.4, -0.2) is 21.6 Å². The van der Waals surface area contributed by atoms with Gasteiger partial charge in [-0.3, -0.25) is 14.9 Å². The molecule has 154 valence electrons. The number of hydrogen-bond acceptors (Lipinski definition) is 4. The number of fused-ring (bicyclic) bond motifs is 1. The van der Waals surface area contributed by atoms with Crippen LogP contribution in [0, 0.1) is 17.0 Å². The van der Waals surface area contributed by atoms with Gasteiger partial charge < -0.3 is 4.57 Å². The lowest BCUT2D eigenvalue weighted by Crippen LogP contribution is -2.19. The summed E-state index contributed by atoms with van der Waals surface area (Å²) in [5.74, 6) is -0.630. The molecule has 0 saturated carbocycles. The SMILES string of the molecule is Cc1c(/C=N/NC(=O)c2ccccc2[N+](=O)[O-])c2ccccc2n1Cc1ccccc1. The summed E-state index contributed by atoms with van der Waals surface area (Å²) in [4.78, 5) is 23.0. The molecule has 0 unspecified atom stereocenters. The fourth-order valence-electron chi connectivity index (χ4n) is 3.63. The van der Waals surface area contributed by atoms with E-state index in [-0.39, 0.29) is 11.3 Å². The zero-order valence-corrected chi connectivity index (χ0v) is 16.9. The van der Waals surface area contributed by atoms with Crippen LogP contribution >= 0.6 is 0 Å². The van der Waals surface area contributed by atoms with Crippen LogP contribution in [0.2, 0.25) is 0 Å². The Morgan fingerprint density at radius 3 is 2.48 bits per heavy atom. The highest BCUT2D eigenvalue weighted by atomic mass is 16.6. The zero-order valence-electron chi connectivity index (χ0n) is 16.9. The smallest absolute Gasteiger partial charge is 0.282 e. The lowest BCUT2D eigenvalue weighted by atomic mass is 10.1. The van der Waals surface area contributed by atoms with Gasteiger partial charge in [0.25, 0.3) is 11.6 Å². The summed E-state index contributed by atoms with van der Waals surface area (Å²) in [5, 5.41) is 16.3. The van der Waals surface area contributed by atoms with Crippen LogP contribution in [0.25, 0.3) is 10.9 Å². The van der Waals surface area contributed by atoms with E-state index in [0.29, 0.717) is 6.54 Å². The van der Waals surface area contributed by atoms with Gasteiger partial charge in [-0.15, -0.1) is 0 Å². The van der Waals surface area contributed by atoms with Crippen LogP contribution in [0.3, 0.4) is 0 Å². The molecule has 1 amide bonds. The first kappa shape index (κ1) is 20.0. The summed E-state index contributed by atoms with van der Waals surface area (Å²) in [6.45, 7) is 2.72. The number of nitrogens with one attached hydrogen (secondary N) is 1. The van der Waals surface area contributed by atoms with E-state index in [1.165, 1.54) is 23.8 Å². The fourth-order valence-corrected chi connectivity index (χ4v) is 3.63. The molecular formula is C24H20N4O3. The van der Waals surface area contributed by atoms with Gasteiger partial charge >= 0.3 is 0 Å². The monoisotopic (exact) mass is 412 g/mol. The highest BCUT2D eigenvalue weighted by molar-refractivity contribution is 6.02. The fraction of sp³-hybridized carbons (Fsp3) is 0.0833. The summed E-state index contributed by atoms with van der Waals surface area (Å²) >= 11 is 0. The first-order valence-corrected chi connectivity index (χ1v) is 9.75. The van der Waals surface area contributed by atoms with Crippen molar-refractivity contribution in [1.29, 1.82) is 0 Å². The predicted molar refractivity (Wildman–Crippen MR) is 120 cm³/mol. The molecule has 0 bridgehead atoms. The van der Waals surface area contributed by atoms with Gasteiger partial charge in [0.2, 0.25) is 0 Å². The largest absolute Gasteiger partial charge is 0.340 e. The van der Waals surface area contributed by atoms with Crippen molar-refractivity contribution in [1.82, 2.24) is 9.99 Å². The topological polar surface area (TPSA) is 89.5 Å². The van der Waals surface area contributed by atoms with E-state index in [9.17, 15) is 14.9 Å². The summed E-state index contributed by atoms with van der Waals surface area (Å²) in [6.07, 6.45) is 1.59. The normalized spacial score (nSPS) is 11.1. The summed E-state index contributed by atoms with van der Waals surface area (Å²) in [6, 6.07) is 24.0. The first-order valence-electron chi connectivity index (χ1n) is 9.75. The Labute approximate surface area is 178 Å². The van der Waals surface area contributed by atoms with Gasteiger partial charge in [0.05, 0.1) is 11.1 Å². The predicted octanol–water partition coefficient (Wildman–Crippen LogP) is 4.67. The molecule has 1 aromatic heterocycles. The lowest BCUT2D eigenvalue weighted by Gasteiger charge is -2.08. The number of aromatic nitrogens is 1. The van der Waals surface area contributed by atoms with Crippen molar-refractivity contribution >= 4 is 28.7 Å². The molecule has 3 aromatic carbocycles. The molecule has 0 aliphatic heterocycles. The number of hydrogen-bond donors (Lipinski definition) is 1. The molecule has 1 N–H and O–H groups in total. The molecule has 0 radical (unpaired) electrons. The summed E-state index contributed by atoms with van der Waals surface area (Å²) in [7, 11) is 0. The Kier molecular flexibility index (Phi) is 5.57. The van der Waals surface area contributed by atoms with Gasteiger partial charge in [0.15, 0.2) is 0 Å². The number of rotatable bonds is 6. The minimum absolute atomic E-state index is 0.0344. The van der Waals surface area contributed by atoms with Crippen LogP contribution in [0.15, 0.2) is 84.0 Å². The minimum Gasteiger partial charge on any atom is -0.340 e. The number of carbonyl (C=O) groups is 1. The Morgan fingerprint density at radius 2 is 1.71 bits per heavy atom. The number of benzene rings is 3. The standard InChI is InChI=1S/C24H20N4O3/c1-17-21(15-25-26-24(29)20-12-6-8-14-23(20)28(30)31)19-11-5-7-13-22(19)27(17)16-18-9-3-2-4-10-18/h2-15H,16H2,1H3,(H,26,29)/b25-15+. The average molecular weight is 412 g/mol. The Hall–Kier alpha value is -4.26. The molecular weight excluding hydrogens is 392 g/mol. The van der Waals surface area contributed by atoms with Gasteiger partial charge in [0, 0.05) is 34.8 Å². The van der Waals surface area contributed by atoms with E-state index in [1.54, 1.807) is 12.3 Å². The second kappa shape index (κ2) is 8.62. The van der Waals surface area contributed by atoms with Gasteiger partial charge in [-0.25, -0.2) is 5.43 Å². The number of nitrogens with zero attached hydrogens (tertiary/aromatic N) is 3. The van der Waals surface area contributed by atoms with Crippen molar-refractivity contribution in [3.05, 3.63) is 111 Å². The zero-order chi connectivity index (χ0) is 21.8. The Balaban J connectivity index is 1.63. The van der Waals surface area contributed by atoms with Crippen molar-refractivity contribution < 1.29 is 9.72 Å². The van der Waals surface area contributed by atoms with Crippen molar-refractivity contribution in [3.63, 3.8) is 0 Å². The second-order valence-electron chi connectivity index (χ2n) is 7.06. The highest BCUT2D eigenvalue weighted by Gasteiger charge is 2.19. The number of carbonyl (C=O) groups excluding carboxylic acids is 1. The number of para-hydroxylation sites is 2. The number of nitro groups is 1. The molecule has 0 aliphatic carbocycles. The van der Waals surface area contributed by atoms with E-state index < -0.39 is 10.8 Å². The minimum atomic E-state index is -0.630. The van der Waals surface area contributed by atoms with Crippen LogP contribution in [0.4, 0.5) is 5.69 Å². The van der Waals surface area contributed by atoms with E-state index in [2.05, 4.69) is 33.3 Å². The van der Waals surface area contributed by atoms with Crippen LogP contribution in [-0.2, 0) is 6.54 Å². The van der Waals surface area contributed by atoms with Gasteiger partial charge in [-0.1, -0.05) is 60.7 Å². The van der Waals surface area contributed by atoms with E-state index in [1.807, 2.05) is 43.3 Å². The van der Waals surface area contributed by atoms with E-state index in [4.69, 9.17) is 0 Å². The molecule has 0 spiro atoms. The van der Waals surface area contributed by atoms with E-state index >= 15 is 0 Å². The molecule has 4 aromatic rings. The third-order valence-corrected chi connectivity index (χ3v) is 5.17. The lowest BCUT2D eigenvalue weighted by molar-refractivity contribution is -0.385. The summed E-state index contributed by atoms with van der Waals surface area (Å²) in [5.41, 5.74) is 6.25. The van der Waals surface area contributed by atoms with E-state index in [0.717, 1.165) is 22.2 Å². The highest BCUT2D eigenvalue weighted by Crippen LogP contribution is 2.25. The second-order valence-corrected chi connectivity index (χ2v) is 7.06. The van der Waals surface area contributed by atoms with Crippen LogP contribution < -0.4 is 5.43 Å². The maximum absolute atomic E-state index is 12.4. The molecule has 4 rings (SSSR count). The Bertz CT molecular complexity index is 1290. The maximum Gasteiger partial charge on any atom is 0.282 e. The molecule has 0 aliphatic rings. The maximum atomic E-state index is 12.4. The van der Waals surface area contributed by atoms with Gasteiger partial charge in [-0.2, -0.15) is 5.10 Å². The van der Waals surface area contributed by atoms with Crippen molar-refractivity contribution in [2.24, 2.45) is 5.10 Å². The number of hydrazone groups is 1.